The summed E-state index contributed by atoms with van der Waals surface area (Å²) in [6.45, 7) is 0.748. The minimum Gasteiger partial charge on any atom is -0.325 e. The minimum absolute atomic E-state index is 0.256. The number of benzene rings is 1. The highest BCUT2D eigenvalue weighted by atomic mass is 79.9. The highest BCUT2D eigenvalue weighted by Crippen LogP contribution is 2.38. The van der Waals surface area contributed by atoms with Crippen LogP contribution in [0.2, 0.25) is 0 Å². The zero-order chi connectivity index (χ0) is 13.4. The highest BCUT2D eigenvalue weighted by molar-refractivity contribution is 9.10. The van der Waals surface area contributed by atoms with E-state index in [0.717, 1.165) is 24.2 Å². The Balaban J connectivity index is 2.09. The molecule has 0 fully saturated rings. The van der Waals surface area contributed by atoms with Gasteiger partial charge in [0.25, 0.3) is 0 Å². The van der Waals surface area contributed by atoms with E-state index in [0.29, 0.717) is 16.1 Å². The second-order valence-corrected chi connectivity index (χ2v) is 4.97. The Hall–Kier alpha value is -1.73. The number of nitrogens with two attached hydrogens (primary N) is 1. The zero-order valence-corrected chi connectivity index (χ0v) is 11.5. The summed E-state index contributed by atoms with van der Waals surface area (Å²) in [5.41, 5.74) is 4.44. The number of nitrogens with one attached hydrogen (secondary N) is 1. The lowest BCUT2D eigenvalue weighted by atomic mass is 10.2. The third-order valence-electron chi connectivity index (χ3n) is 3.11. The molecular weight excluding hydrogens is 313 g/mol. The number of nitrogens with zero attached hydrogens (tertiary/aromatic N) is 3. The Morgan fingerprint density at radius 3 is 3.00 bits per heavy atom. The first-order valence-electron chi connectivity index (χ1n) is 5.74. The van der Waals surface area contributed by atoms with Gasteiger partial charge in [-0.05, 0) is 40.0 Å². The quantitative estimate of drug-likeness (QED) is 0.656. The van der Waals surface area contributed by atoms with E-state index in [2.05, 4.69) is 31.3 Å². The molecular formula is C12H11BrFN5. The Kier molecular flexibility index (Phi) is 3.08. The lowest BCUT2D eigenvalue weighted by Crippen LogP contribution is -2.18. The van der Waals surface area contributed by atoms with Crippen molar-refractivity contribution >= 4 is 33.3 Å². The van der Waals surface area contributed by atoms with Crippen LogP contribution in [0.15, 0.2) is 29.0 Å². The number of hydrogen-bond donors (Lipinski definition) is 2. The number of nitrogen functional groups attached to an aromatic ring is 1. The molecule has 2 aromatic rings. The summed E-state index contributed by atoms with van der Waals surface area (Å²) in [6.07, 6.45) is 2.28. The van der Waals surface area contributed by atoms with E-state index >= 15 is 0 Å². The number of aromatic nitrogens is 2. The fraction of sp³-hybridized carbons (Fsp3) is 0.167. The molecule has 0 amide bonds. The van der Waals surface area contributed by atoms with E-state index < -0.39 is 0 Å². The standard InChI is InChI=1S/C12H11BrFN5/c13-10-11(18-15)16-6-17-12(10)19-4-3-7-1-2-8(14)5-9(7)19/h1-2,5-6H,3-4,15H2,(H,16,17,18). The van der Waals surface area contributed by atoms with Gasteiger partial charge < -0.3 is 10.3 Å². The summed E-state index contributed by atoms with van der Waals surface area (Å²) >= 11 is 3.42. The fourth-order valence-electron chi connectivity index (χ4n) is 2.22. The first-order chi connectivity index (χ1) is 9.20. The van der Waals surface area contributed by atoms with Crippen LogP contribution < -0.4 is 16.2 Å². The van der Waals surface area contributed by atoms with Crippen molar-refractivity contribution in [3.63, 3.8) is 0 Å². The van der Waals surface area contributed by atoms with E-state index in [1.54, 1.807) is 0 Å². The van der Waals surface area contributed by atoms with Crippen molar-refractivity contribution in [1.82, 2.24) is 9.97 Å². The van der Waals surface area contributed by atoms with E-state index in [1.165, 1.54) is 18.5 Å². The molecule has 5 nitrogen and oxygen atoms in total. The molecule has 1 aliphatic rings. The molecule has 19 heavy (non-hydrogen) atoms. The number of rotatable bonds is 2. The maximum atomic E-state index is 13.4. The van der Waals surface area contributed by atoms with Crippen LogP contribution in [0.25, 0.3) is 0 Å². The van der Waals surface area contributed by atoms with Gasteiger partial charge in [0.05, 0.1) is 0 Å². The molecule has 0 saturated heterocycles. The normalized spacial score (nSPS) is 13.5. The molecule has 0 radical (unpaired) electrons. The van der Waals surface area contributed by atoms with Gasteiger partial charge in [0.15, 0.2) is 11.6 Å². The molecule has 0 aliphatic carbocycles. The molecule has 0 bridgehead atoms. The molecule has 0 saturated carbocycles. The van der Waals surface area contributed by atoms with Gasteiger partial charge in [0.1, 0.15) is 16.6 Å². The maximum absolute atomic E-state index is 13.4. The number of hydrazine groups is 1. The molecule has 98 valence electrons. The van der Waals surface area contributed by atoms with Crippen LogP contribution in [0.1, 0.15) is 5.56 Å². The van der Waals surface area contributed by atoms with Crippen molar-refractivity contribution in [3.05, 3.63) is 40.4 Å². The molecule has 3 N–H and O–H groups in total. The predicted molar refractivity (Wildman–Crippen MR) is 74.7 cm³/mol. The van der Waals surface area contributed by atoms with E-state index in [9.17, 15) is 4.39 Å². The number of fused-ring (bicyclic) bond motifs is 1. The third-order valence-corrected chi connectivity index (χ3v) is 3.84. The third kappa shape index (κ3) is 2.04. The molecule has 3 rings (SSSR count). The van der Waals surface area contributed by atoms with Gasteiger partial charge in [-0.25, -0.2) is 20.2 Å². The van der Waals surface area contributed by atoms with Crippen LogP contribution in [-0.4, -0.2) is 16.5 Å². The Bertz CT molecular complexity index is 634. The topological polar surface area (TPSA) is 67.1 Å². The molecule has 1 aromatic carbocycles. The average Bonchev–Trinajstić information content (AvgIpc) is 2.82. The second kappa shape index (κ2) is 4.75. The first-order valence-corrected chi connectivity index (χ1v) is 6.53. The van der Waals surface area contributed by atoms with Crippen molar-refractivity contribution < 1.29 is 4.39 Å². The molecule has 0 atom stereocenters. The number of anilines is 3. The van der Waals surface area contributed by atoms with Crippen molar-refractivity contribution in [3.8, 4) is 0 Å². The average molecular weight is 324 g/mol. The van der Waals surface area contributed by atoms with Gasteiger partial charge >= 0.3 is 0 Å². The van der Waals surface area contributed by atoms with Gasteiger partial charge in [0, 0.05) is 12.2 Å². The van der Waals surface area contributed by atoms with Gasteiger partial charge in [-0.15, -0.1) is 0 Å². The largest absolute Gasteiger partial charge is 0.325 e. The van der Waals surface area contributed by atoms with Crippen molar-refractivity contribution in [2.24, 2.45) is 5.84 Å². The fourth-order valence-corrected chi connectivity index (χ4v) is 2.75. The summed E-state index contributed by atoms with van der Waals surface area (Å²) in [5, 5.41) is 0. The molecule has 7 heteroatoms. The van der Waals surface area contributed by atoms with E-state index in [1.807, 2.05) is 11.0 Å². The zero-order valence-electron chi connectivity index (χ0n) is 9.90. The summed E-state index contributed by atoms with van der Waals surface area (Å²) in [5.74, 6) is 6.30. The predicted octanol–water partition coefficient (Wildman–Crippen LogP) is 2.36. The van der Waals surface area contributed by atoms with Crippen molar-refractivity contribution in [2.45, 2.75) is 6.42 Å². The van der Waals surface area contributed by atoms with Crippen molar-refractivity contribution in [2.75, 3.05) is 16.9 Å². The van der Waals surface area contributed by atoms with Gasteiger partial charge in [-0.2, -0.15) is 0 Å². The van der Waals surface area contributed by atoms with E-state index in [-0.39, 0.29) is 5.82 Å². The first kappa shape index (κ1) is 12.3. The van der Waals surface area contributed by atoms with Crippen LogP contribution >= 0.6 is 15.9 Å². The van der Waals surface area contributed by atoms with Gasteiger partial charge in [-0.1, -0.05) is 6.07 Å². The minimum atomic E-state index is -0.256. The monoisotopic (exact) mass is 323 g/mol. The molecule has 1 aromatic heterocycles. The lowest BCUT2D eigenvalue weighted by molar-refractivity contribution is 0.628. The molecule has 0 unspecified atom stereocenters. The smallest absolute Gasteiger partial charge is 0.159 e. The maximum Gasteiger partial charge on any atom is 0.159 e. The SMILES string of the molecule is NNc1ncnc(N2CCc3ccc(F)cc32)c1Br. The summed E-state index contributed by atoms with van der Waals surface area (Å²) < 4.78 is 14.1. The summed E-state index contributed by atoms with van der Waals surface area (Å²) in [4.78, 5) is 10.2. The summed E-state index contributed by atoms with van der Waals surface area (Å²) in [7, 11) is 0. The van der Waals surface area contributed by atoms with Crippen LogP contribution in [0.3, 0.4) is 0 Å². The molecule has 0 spiro atoms. The van der Waals surface area contributed by atoms with Crippen LogP contribution in [0, 0.1) is 5.82 Å². The number of halogens is 2. The molecule has 2 heterocycles. The number of hydrogen-bond acceptors (Lipinski definition) is 5. The Morgan fingerprint density at radius 1 is 1.37 bits per heavy atom. The van der Waals surface area contributed by atoms with Crippen LogP contribution in [-0.2, 0) is 6.42 Å². The van der Waals surface area contributed by atoms with Gasteiger partial charge in [0.2, 0.25) is 0 Å². The van der Waals surface area contributed by atoms with Crippen LogP contribution in [0.4, 0.5) is 21.7 Å². The Labute approximate surface area is 117 Å². The summed E-state index contributed by atoms with van der Waals surface area (Å²) in [6, 6.07) is 4.80. The van der Waals surface area contributed by atoms with Crippen molar-refractivity contribution in [1.29, 1.82) is 0 Å². The van der Waals surface area contributed by atoms with E-state index in [4.69, 9.17) is 5.84 Å². The molecule has 1 aliphatic heterocycles. The van der Waals surface area contributed by atoms with Crippen LogP contribution in [0.5, 0.6) is 0 Å². The highest BCUT2D eigenvalue weighted by Gasteiger charge is 2.24. The van der Waals surface area contributed by atoms with Gasteiger partial charge in [-0.3, -0.25) is 0 Å². The Morgan fingerprint density at radius 2 is 2.21 bits per heavy atom. The second-order valence-electron chi connectivity index (χ2n) is 4.18. The lowest BCUT2D eigenvalue weighted by Gasteiger charge is -2.20.